The Morgan fingerprint density at radius 1 is 0.848 bits per heavy atom. The molecule has 0 saturated heterocycles. The Balaban J connectivity index is 1.62. The number of carbonyl (C=O) groups is 2. The molecular formula is C27H30N2O4. The lowest BCUT2D eigenvalue weighted by Crippen LogP contribution is -2.31. The van der Waals surface area contributed by atoms with E-state index in [1.54, 1.807) is 18.2 Å². The highest BCUT2D eigenvalue weighted by Gasteiger charge is 2.21. The van der Waals surface area contributed by atoms with E-state index < -0.39 is 0 Å². The number of hydrogen-bond acceptors (Lipinski definition) is 4. The summed E-state index contributed by atoms with van der Waals surface area (Å²) < 4.78 is 10.8. The molecule has 3 aromatic rings. The summed E-state index contributed by atoms with van der Waals surface area (Å²) >= 11 is 0. The van der Waals surface area contributed by atoms with E-state index in [1.165, 1.54) is 33.5 Å². The molecular weight excluding hydrogens is 416 g/mol. The van der Waals surface area contributed by atoms with Crippen LogP contribution in [0.5, 0.6) is 11.5 Å². The van der Waals surface area contributed by atoms with E-state index >= 15 is 0 Å². The maximum absolute atomic E-state index is 13.2. The van der Waals surface area contributed by atoms with Crippen molar-refractivity contribution in [3.63, 3.8) is 0 Å². The van der Waals surface area contributed by atoms with Crippen molar-refractivity contribution in [3.05, 3.63) is 65.7 Å². The Kier molecular flexibility index (Phi) is 7.13. The number of rotatable bonds is 7. The highest BCUT2D eigenvalue weighted by atomic mass is 16.5. The number of benzene rings is 3. The minimum absolute atomic E-state index is 0.241. The molecule has 0 atom stereocenters. The highest BCUT2D eigenvalue weighted by molar-refractivity contribution is 6.15. The predicted octanol–water partition coefficient (Wildman–Crippen LogP) is 5.42. The molecule has 1 aliphatic rings. The Morgan fingerprint density at radius 3 is 2.30 bits per heavy atom. The number of ether oxygens (including phenoxy) is 2. The second-order valence-electron chi connectivity index (χ2n) is 8.45. The van der Waals surface area contributed by atoms with Gasteiger partial charge in [-0.15, -0.1) is 0 Å². The van der Waals surface area contributed by atoms with Gasteiger partial charge in [0.2, 0.25) is 0 Å². The number of amides is 2. The quantitative estimate of drug-likeness (QED) is 0.508. The molecule has 0 aromatic heterocycles. The van der Waals surface area contributed by atoms with Crippen molar-refractivity contribution in [2.24, 2.45) is 5.92 Å². The monoisotopic (exact) mass is 446 g/mol. The van der Waals surface area contributed by atoms with Crippen molar-refractivity contribution >= 4 is 28.3 Å². The first-order valence-corrected chi connectivity index (χ1v) is 11.4. The number of methoxy groups -OCH3 is 2. The van der Waals surface area contributed by atoms with Gasteiger partial charge in [-0.1, -0.05) is 55.7 Å². The minimum atomic E-state index is -0.291. The summed E-state index contributed by atoms with van der Waals surface area (Å²) in [6.07, 6.45) is 5.96. The summed E-state index contributed by atoms with van der Waals surface area (Å²) in [5, 5.41) is 7.81. The Labute approximate surface area is 194 Å². The normalized spacial score (nSPS) is 14.0. The van der Waals surface area contributed by atoms with Crippen LogP contribution in [0.2, 0.25) is 0 Å². The van der Waals surface area contributed by atoms with Crippen LogP contribution in [0.1, 0.15) is 52.8 Å². The highest BCUT2D eigenvalue weighted by Crippen LogP contribution is 2.34. The molecule has 1 fully saturated rings. The summed E-state index contributed by atoms with van der Waals surface area (Å²) in [5.41, 5.74) is 1.26. The van der Waals surface area contributed by atoms with E-state index in [0.717, 1.165) is 23.6 Å². The SMILES string of the molecule is COc1cc(NC(=O)c2cccc3ccccc23)c(C(=O)NCC2CCCCC2)cc1OC. The average molecular weight is 447 g/mol. The third kappa shape index (κ3) is 5.11. The molecule has 0 aliphatic heterocycles. The molecule has 2 amide bonds. The fourth-order valence-corrected chi connectivity index (χ4v) is 4.51. The van der Waals surface area contributed by atoms with E-state index in [4.69, 9.17) is 9.47 Å². The Morgan fingerprint density at radius 2 is 1.55 bits per heavy atom. The van der Waals surface area contributed by atoms with Crippen molar-refractivity contribution in [2.45, 2.75) is 32.1 Å². The maximum Gasteiger partial charge on any atom is 0.256 e. The first-order chi connectivity index (χ1) is 16.1. The maximum atomic E-state index is 13.2. The number of anilines is 1. The summed E-state index contributed by atoms with van der Waals surface area (Å²) in [7, 11) is 3.05. The molecule has 33 heavy (non-hydrogen) atoms. The van der Waals surface area contributed by atoms with Crippen molar-refractivity contribution in [3.8, 4) is 11.5 Å². The molecule has 0 spiro atoms. The van der Waals surface area contributed by atoms with Gasteiger partial charge in [-0.3, -0.25) is 9.59 Å². The van der Waals surface area contributed by atoms with Crippen LogP contribution in [0.25, 0.3) is 10.8 Å². The molecule has 0 heterocycles. The summed E-state index contributed by atoms with van der Waals surface area (Å²) in [5.74, 6) is 0.838. The van der Waals surface area contributed by atoms with Crippen LogP contribution in [-0.2, 0) is 0 Å². The molecule has 0 unspecified atom stereocenters. The lowest BCUT2D eigenvalue weighted by molar-refractivity contribution is 0.0944. The minimum Gasteiger partial charge on any atom is -0.493 e. The summed E-state index contributed by atoms with van der Waals surface area (Å²) in [6, 6.07) is 16.6. The standard InChI is InChI=1S/C27H30N2O4/c1-32-24-15-22(26(30)28-17-18-9-4-3-5-10-18)23(16-25(24)33-2)29-27(31)21-14-8-12-19-11-6-7-13-20(19)21/h6-8,11-16,18H,3-5,9-10,17H2,1-2H3,(H,28,30)(H,29,31). The molecule has 2 N–H and O–H groups in total. The summed E-state index contributed by atoms with van der Waals surface area (Å²) in [4.78, 5) is 26.4. The van der Waals surface area contributed by atoms with Crippen LogP contribution < -0.4 is 20.1 Å². The number of hydrogen-bond donors (Lipinski definition) is 2. The number of carbonyl (C=O) groups excluding carboxylic acids is 2. The van der Waals surface area contributed by atoms with Gasteiger partial charge in [0.15, 0.2) is 11.5 Å². The lowest BCUT2D eigenvalue weighted by atomic mass is 9.89. The molecule has 4 rings (SSSR count). The third-order valence-electron chi connectivity index (χ3n) is 6.33. The van der Waals surface area contributed by atoms with E-state index in [-0.39, 0.29) is 11.8 Å². The van der Waals surface area contributed by atoms with Crippen LogP contribution in [0, 0.1) is 5.92 Å². The van der Waals surface area contributed by atoms with Crippen molar-refractivity contribution < 1.29 is 19.1 Å². The average Bonchev–Trinajstić information content (AvgIpc) is 2.87. The topological polar surface area (TPSA) is 76.7 Å². The molecule has 6 nitrogen and oxygen atoms in total. The Bertz CT molecular complexity index is 1150. The van der Waals surface area contributed by atoms with E-state index in [9.17, 15) is 9.59 Å². The zero-order valence-corrected chi connectivity index (χ0v) is 19.1. The van der Waals surface area contributed by atoms with Crippen LogP contribution in [0.4, 0.5) is 5.69 Å². The first kappa shape index (κ1) is 22.6. The van der Waals surface area contributed by atoms with Gasteiger partial charge in [-0.05, 0) is 41.7 Å². The van der Waals surface area contributed by atoms with Crippen LogP contribution in [-0.4, -0.2) is 32.6 Å². The van der Waals surface area contributed by atoms with Gasteiger partial charge in [0, 0.05) is 18.2 Å². The van der Waals surface area contributed by atoms with Gasteiger partial charge in [0.25, 0.3) is 11.8 Å². The number of nitrogens with one attached hydrogen (secondary N) is 2. The molecule has 6 heteroatoms. The van der Waals surface area contributed by atoms with Crippen LogP contribution in [0.3, 0.4) is 0 Å². The van der Waals surface area contributed by atoms with Gasteiger partial charge in [0.1, 0.15) is 0 Å². The summed E-state index contributed by atoms with van der Waals surface area (Å²) in [6.45, 7) is 0.629. The van der Waals surface area contributed by atoms with E-state index in [2.05, 4.69) is 10.6 Å². The number of fused-ring (bicyclic) bond motifs is 1. The van der Waals surface area contributed by atoms with Gasteiger partial charge in [-0.2, -0.15) is 0 Å². The molecule has 0 radical (unpaired) electrons. The van der Waals surface area contributed by atoms with E-state index in [1.807, 2.05) is 36.4 Å². The molecule has 172 valence electrons. The Hall–Kier alpha value is -3.54. The third-order valence-corrected chi connectivity index (χ3v) is 6.33. The second kappa shape index (κ2) is 10.4. The first-order valence-electron chi connectivity index (χ1n) is 11.4. The smallest absolute Gasteiger partial charge is 0.256 e. The van der Waals surface area contributed by atoms with Gasteiger partial charge >= 0.3 is 0 Å². The second-order valence-corrected chi connectivity index (χ2v) is 8.45. The molecule has 0 bridgehead atoms. The van der Waals surface area contributed by atoms with Crippen molar-refractivity contribution in [1.82, 2.24) is 5.32 Å². The zero-order valence-electron chi connectivity index (χ0n) is 19.1. The van der Waals surface area contributed by atoms with Gasteiger partial charge in [-0.25, -0.2) is 0 Å². The molecule has 1 aliphatic carbocycles. The lowest BCUT2D eigenvalue weighted by Gasteiger charge is -2.22. The zero-order chi connectivity index (χ0) is 23.2. The predicted molar refractivity (Wildman–Crippen MR) is 130 cm³/mol. The van der Waals surface area contributed by atoms with Crippen molar-refractivity contribution in [1.29, 1.82) is 0 Å². The van der Waals surface area contributed by atoms with Gasteiger partial charge in [0.05, 0.1) is 25.5 Å². The molecule has 1 saturated carbocycles. The van der Waals surface area contributed by atoms with Gasteiger partial charge < -0.3 is 20.1 Å². The largest absolute Gasteiger partial charge is 0.493 e. The van der Waals surface area contributed by atoms with Crippen LogP contribution in [0.15, 0.2) is 54.6 Å². The molecule has 3 aromatic carbocycles. The van der Waals surface area contributed by atoms with Crippen LogP contribution >= 0.6 is 0 Å². The van der Waals surface area contributed by atoms with E-state index in [0.29, 0.717) is 40.8 Å². The van der Waals surface area contributed by atoms with Crippen molar-refractivity contribution in [2.75, 3.05) is 26.1 Å². The fourth-order valence-electron chi connectivity index (χ4n) is 4.51. The fraction of sp³-hybridized carbons (Fsp3) is 0.333.